The molecule has 2 aromatic rings. The normalized spacial score (nSPS) is 19.5. The number of anilines is 1. The Morgan fingerprint density at radius 3 is 3.22 bits per heavy atom. The first-order valence-corrected chi connectivity index (χ1v) is 7.42. The number of para-hydroxylation sites is 1. The topological polar surface area (TPSA) is 34.1 Å². The average Bonchev–Trinajstić information content (AvgIpc) is 3.04. The maximum atomic E-state index is 5.61. The van der Waals surface area contributed by atoms with Crippen molar-refractivity contribution >= 4 is 26.7 Å². The van der Waals surface area contributed by atoms with Gasteiger partial charge in [0.15, 0.2) is 5.13 Å². The third-order valence-corrected chi connectivity index (χ3v) is 4.37. The number of thiazole rings is 1. The van der Waals surface area contributed by atoms with Crippen LogP contribution in [0.15, 0.2) is 18.2 Å². The Hall–Kier alpha value is -1.13. The molecular weight excluding hydrogens is 244 g/mol. The molecule has 0 radical (unpaired) electrons. The van der Waals surface area contributed by atoms with Crippen molar-refractivity contribution in [3.8, 4) is 0 Å². The van der Waals surface area contributed by atoms with E-state index in [-0.39, 0.29) is 0 Å². The maximum absolute atomic E-state index is 5.61. The molecule has 0 saturated carbocycles. The summed E-state index contributed by atoms with van der Waals surface area (Å²) in [5.74, 6) is 0. The van der Waals surface area contributed by atoms with Gasteiger partial charge in [-0.3, -0.25) is 0 Å². The van der Waals surface area contributed by atoms with Crippen molar-refractivity contribution in [1.29, 1.82) is 0 Å². The summed E-state index contributed by atoms with van der Waals surface area (Å²) in [7, 11) is 0. The molecule has 1 saturated heterocycles. The van der Waals surface area contributed by atoms with Crippen LogP contribution in [0.3, 0.4) is 0 Å². The Morgan fingerprint density at radius 2 is 2.44 bits per heavy atom. The first-order chi connectivity index (χ1) is 8.86. The summed E-state index contributed by atoms with van der Waals surface area (Å²) < 4.78 is 6.88. The summed E-state index contributed by atoms with van der Waals surface area (Å²) in [4.78, 5) is 4.70. The molecule has 1 fully saturated rings. The zero-order valence-electron chi connectivity index (χ0n) is 10.6. The van der Waals surface area contributed by atoms with Crippen molar-refractivity contribution in [3.63, 3.8) is 0 Å². The number of benzene rings is 1. The molecule has 1 aromatic heterocycles. The Morgan fingerprint density at radius 1 is 1.50 bits per heavy atom. The van der Waals surface area contributed by atoms with E-state index >= 15 is 0 Å². The van der Waals surface area contributed by atoms with E-state index in [2.05, 4.69) is 30.4 Å². The molecule has 1 N–H and O–H groups in total. The molecular formula is C14H18N2OS. The third kappa shape index (κ3) is 2.35. The Labute approximate surface area is 111 Å². The van der Waals surface area contributed by atoms with Crippen LogP contribution in [0.1, 0.15) is 25.3 Å². The van der Waals surface area contributed by atoms with E-state index in [1.165, 1.54) is 16.7 Å². The van der Waals surface area contributed by atoms with E-state index in [4.69, 9.17) is 9.72 Å². The minimum Gasteiger partial charge on any atom is -0.376 e. The fourth-order valence-electron chi connectivity index (χ4n) is 2.37. The molecule has 0 aliphatic carbocycles. The number of hydrogen-bond donors (Lipinski definition) is 1. The molecule has 1 aliphatic rings. The van der Waals surface area contributed by atoms with Gasteiger partial charge in [0.1, 0.15) is 0 Å². The largest absolute Gasteiger partial charge is 0.376 e. The molecule has 2 heterocycles. The van der Waals surface area contributed by atoms with E-state index < -0.39 is 0 Å². The maximum Gasteiger partial charge on any atom is 0.183 e. The monoisotopic (exact) mass is 262 g/mol. The predicted molar refractivity (Wildman–Crippen MR) is 76.5 cm³/mol. The van der Waals surface area contributed by atoms with E-state index in [1.54, 1.807) is 11.3 Å². The van der Waals surface area contributed by atoms with Gasteiger partial charge in [0.05, 0.1) is 16.3 Å². The number of ether oxygens (including phenoxy) is 1. The summed E-state index contributed by atoms with van der Waals surface area (Å²) in [6.07, 6.45) is 3.75. The number of hydrogen-bond acceptors (Lipinski definition) is 4. The second-order valence-electron chi connectivity index (χ2n) is 4.65. The van der Waals surface area contributed by atoms with Crippen LogP contribution in [0.2, 0.25) is 0 Å². The zero-order valence-corrected chi connectivity index (χ0v) is 11.4. The van der Waals surface area contributed by atoms with Crippen LogP contribution in [0.4, 0.5) is 5.13 Å². The SMILES string of the molecule is CCc1cccc2sc(NC[C@H]3CCCO3)nc12. The van der Waals surface area contributed by atoms with Crippen LogP contribution < -0.4 is 5.32 Å². The number of aryl methyl sites for hydroxylation is 1. The van der Waals surface area contributed by atoms with Crippen molar-refractivity contribution in [1.82, 2.24) is 4.98 Å². The Balaban J connectivity index is 1.76. The lowest BCUT2D eigenvalue weighted by molar-refractivity contribution is 0.120. The Bertz CT molecular complexity index is 532. The van der Waals surface area contributed by atoms with Gasteiger partial charge in [-0.1, -0.05) is 30.4 Å². The molecule has 4 heteroatoms. The number of aromatic nitrogens is 1. The standard InChI is InChI=1S/C14H18N2OS/c1-2-10-5-3-7-12-13(10)16-14(18-12)15-9-11-6-4-8-17-11/h3,5,7,11H,2,4,6,8-9H2,1H3,(H,15,16)/t11-/m1/s1. The smallest absolute Gasteiger partial charge is 0.183 e. The second kappa shape index (κ2) is 5.24. The fraction of sp³-hybridized carbons (Fsp3) is 0.500. The van der Waals surface area contributed by atoms with Crippen molar-refractivity contribution in [3.05, 3.63) is 23.8 Å². The van der Waals surface area contributed by atoms with Gasteiger partial charge >= 0.3 is 0 Å². The minimum atomic E-state index is 0.364. The average molecular weight is 262 g/mol. The highest BCUT2D eigenvalue weighted by Crippen LogP contribution is 2.28. The van der Waals surface area contributed by atoms with Gasteiger partial charge in [-0.05, 0) is 30.9 Å². The highest BCUT2D eigenvalue weighted by atomic mass is 32.1. The number of nitrogens with one attached hydrogen (secondary N) is 1. The van der Waals surface area contributed by atoms with Gasteiger partial charge in [-0.2, -0.15) is 0 Å². The van der Waals surface area contributed by atoms with Crippen molar-refractivity contribution in [2.75, 3.05) is 18.5 Å². The van der Waals surface area contributed by atoms with Crippen LogP contribution in [0.5, 0.6) is 0 Å². The lowest BCUT2D eigenvalue weighted by atomic mass is 10.1. The first kappa shape index (κ1) is 11.9. The van der Waals surface area contributed by atoms with Gasteiger partial charge < -0.3 is 10.1 Å². The number of rotatable bonds is 4. The van der Waals surface area contributed by atoms with Crippen LogP contribution in [-0.4, -0.2) is 24.2 Å². The Kier molecular flexibility index (Phi) is 3.48. The van der Waals surface area contributed by atoms with Gasteiger partial charge in [0.2, 0.25) is 0 Å². The van der Waals surface area contributed by atoms with Crippen molar-refractivity contribution in [2.45, 2.75) is 32.3 Å². The van der Waals surface area contributed by atoms with Gasteiger partial charge in [0, 0.05) is 13.2 Å². The molecule has 18 heavy (non-hydrogen) atoms. The molecule has 1 aliphatic heterocycles. The van der Waals surface area contributed by atoms with Crippen LogP contribution in [0, 0.1) is 0 Å². The van der Waals surface area contributed by atoms with Crippen LogP contribution in [-0.2, 0) is 11.2 Å². The molecule has 0 bridgehead atoms. The first-order valence-electron chi connectivity index (χ1n) is 6.60. The summed E-state index contributed by atoms with van der Waals surface area (Å²) in [5.41, 5.74) is 2.48. The lowest BCUT2D eigenvalue weighted by Gasteiger charge is -2.08. The fourth-order valence-corrected chi connectivity index (χ4v) is 3.29. The second-order valence-corrected chi connectivity index (χ2v) is 5.68. The van der Waals surface area contributed by atoms with E-state index in [0.29, 0.717) is 6.10 Å². The summed E-state index contributed by atoms with van der Waals surface area (Å²) in [5, 5.41) is 4.42. The van der Waals surface area contributed by atoms with Crippen molar-refractivity contribution in [2.24, 2.45) is 0 Å². The molecule has 0 amide bonds. The summed E-state index contributed by atoms with van der Waals surface area (Å²) in [6.45, 7) is 3.96. The molecule has 0 unspecified atom stereocenters. The summed E-state index contributed by atoms with van der Waals surface area (Å²) >= 11 is 1.73. The highest BCUT2D eigenvalue weighted by molar-refractivity contribution is 7.22. The molecule has 0 spiro atoms. The van der Waals surface area contributed by atoms with Crippen molar-refractivity contribution < 1.29 is 4.74 Å². The molecule has 3 rings (SSSR count). The number of nitrogens with zero attached hydrogens (tertiary/aromatic N) is 1. The van der Waals surface area contributed by atoms with Crippen LogP contribution >= 0.6 is 11.3 Å². The van der Waals surface area contributed by atoms with Gasteiger partial charge in [-0.25, -0.2) is 4.98 Å². The zero-order chi connectivity index (χ0) is 12.4. The van der Waals surface area contributed by atoms with E-state index in [1.807, 2.05) is 0 Å². The number of fused-ring (bicyclic) bond motifs is 1. The molecule has 1 aromatic carbocycles. The lowest BCUT2D eigenvalue weighted by Crippen LogP contribution is -2.18. The minimum absolute atomic E-state index is 0.364. The molecule has 1 atom stereocenters. The predicted octanol–water partition coefficient (Wildman–Crippen LogP) is 3.45. The highest BCUT2D eigenvalue weighted by Gasteiger charge is 2.15. The third-order valence-electron chi connectivity index (χ3n) is 3.39. The molecule has 96 valence electrons. The molecule has 3 nitrogen and oxygen atoms in total. The quantitative estimate of drug-likeness (QED) is 0.916. The van der Waals surface area contributed by atoms with E-state index in [9.17, 15) is 0 Å². The van der Waals surface area contributed by atoms with Gasteiger partial charge in [0.25, 0.3) is 0 Å². The summed E-state index contributed by atoms with van der Waals surface area (Å²) in [6, 6.07) is 6.42. The van der Waals surface area contributed by atoms with Crippen LogP contribution in [0.25, 0.3) is 10.2 Å². The van der Waals surface area contributed by atoms with Gasteiger partial charge in [-0.15, -0.1) is 0 Å². The van der Waals surface area contributed by atoms with E-state index in [0.717, 1.165) is 36.6 Å².